The van der Waals surface area contributed by atoms with Gasteiger partial charge < -0.3 is 34.5 Å². The molecule has 2 aliphatic heterocycles. The van der Waals surface area contributed by atoms with Gasteiger partial charge in [0.15, 0.2) is 5.82 Å². The van der Waals surface area contributed by atoms with Crippen LogP contribution in [0.3, 0.4) is 0 Å². The number of nitrogens with one attached hydrogen (secondary N) is 2. The van der Waals surface area contributed by atoms with Gasteiger partial charge in [-0.15, -0.1) is 0 Å². The Morgan fingerprint density at radius 2 is 1.68 bits per heavy atom. The highest BCUT2D eigenvalue weighted by molar-refractivity contribution is 7.70. The largest absolute Gasteiger partial charge is 0.494 e. The number of nitrogens with zero attached hydrogens (tertiary/aromatic N) is 8. The number of anilines is 5. The Morgan fingerprint density at radius 3 is 2.30 bits per heavy atom. The van der Waals surface area contributed by atoms with Crippen LogP contribution >= 0.6 is 7.14 Å². The fourth-order valence-corrected chi connectivity index (χ4v) is 8.14. The van der Waals surface area contributed by atoms with Crippen LogP contribution in [0.4, 0.5) is 33.6 Å². The molecule has 2 N–H and O–H groups in total. The summed E-state index contributed by atoms with van der Waals surface area (Å²) in [4.78, 5) is 33.2. The summed E-state index contributed by atoms with van der Waals surface area (Å²) >= 11 is 0. The molecule has 0 atom stereocenters. The van der Waals surface area contributed by atoms with Gasteiger partial charge in [-0.1, -0.05) is 19.1 Å². The van der Waals surface area contributed by atoms with Gasteiger partial charge in [-0.25, -0.2) is 19.4 Å². The second-order valence-corrected chi connectivity index (χ2v) is 18.2. The van der Waals surface area contributed by atoms with Crippen molar-refractivity contribution in [3.05, 3.63) is 60.3 Å². The number of para-hydroxylation sites is 1. The summed E-state index contributed by atoms with van der Waals surface area (Å²) in [5.41, 5.74) is 3.93. The standard InChI is InChI=1S/C38H53N10O4P/c1-9-27-22-30(33(51-6)23-31(27)46-16-14-28(15-17-46)45-18-20-47(21-19-45)37(49)52-38(3,4)5)42-36-39-24-32(48-25-40-26(2)44-48)35(43-36)41-29-12-10-11-13-34(29)53(7,8)50/h10-13,22-25,28H,9,14-21H2,1-8H3,(H2,39,41,42,43). The zero-order valence-electron chi connectivity index (χ0n) is 32.2. The van der Waals surface area contributed by atoms with E-state index in [1.165, 1.54) is 11.3 Å². The summed E-state index contributed by atoms with van der Waals surface area (Å²) in [5.74, 6) is 2.15. The molecule has 0 unspecified atom stereocenters. The minimum Gasteiger partial charge on any atom is -0.494 e. The fourth-order valence-electron chi connectivity index (χ4n) is 6.98. The zero-order valence-corrected chi connectivity index (χ0v) is 33.1. The molecule has 1 amide bonds. The highest BCUT2D eigenvalue weighted by atomic mass is 31.2. The smallest absolute Gasteiger partial charge is 0.410 e. The molecular formula is C38H53N10O4P. The highest BCUT2D eigenvalue weighted by Gasteiger charge is 2.31. The Bertz CT molecular complexity index is 1960. The third-order valence-electron chi connectivity index (χ3n) is 9.68. The molecule has 0 aliphatic carbocycles. The predicted molar refractivity (Wildman–Crippen MR) is 211 cm³/mol. The van der Waals surface area contributed by atoms with Crippen LogP contribution in [0.25, 0.3) is 5.69 Å². The number of ether oxygens (including phenoxy) is 2. The molecular weight excluding hydrogens is 691 g/mol. The van der Waals surface area contributed by atoms with Crippen molar-refractivity contribution in [2.75, 3.05) is 75.2 Å². The van der Waals surface area contributed by atoms with E-state index >= 15 is 0 Å². The number of carbonyl (C=O) groups is 1. The van der Waals surface area contributed by atoms with Crippen LogP contribution in [0.5, 0.6) is 5.75 Å². The Hall–Kier alpha value is -4.68. The van der Waals surface area contributed by atoms with Gasteiger partial charge in [0.25, 0.3) is 0 Å². The Balaban J connectivity index is 1.18. The topological polar surface area (TPSA) is 143 Å². The van der Waals surface area contributed by atoms with Gasteiger partial charge in [-0.05, 0) is 84.0 Å². The molecule has 0 saturated carbocycles. The van der Waals surface area contributed by atoms with E-state index in [-0.39, 0.29) is 6.09 Å². The predicted octanol–water partition coefficient (Wildman–Crippen LogP) is 6.19. The van der Waals surface area contributed by atoms with Crippen LogP contribution in [0, 0.1) is 6.92 Å². The maximum atomic E-state index is 13.2. The van der Waals surface area contributed by atoms with Crippen molar-refractivity contribution in [2.45, 2.75) is 65.5 Å². The summed E-state index contributed by atoms with van der Waals surface area (Å²) in [7, 11) is -0.923. The van der Waals surface area contributed by atoms with E-state index in [0.29, 0.717) is 53.8 Å². The number of piperazine rings is 1. The van der Waals surface area contributed by atoms with Gasteiger partial charge >= 0.3 is 6.09 Å². The van der Waals surface area contributed by atoms with Crippen molar-refractivity contribution in [3.63, 3.8) is 0 Å². The number of aryl methyl sites for hydroxylation is 2. The van der Waals surface area contributed by atoms with Crippen molar-refractivity contribution in [2.24, 2.45) is 0 Å². The SMILES string of the molecule is CCc1cc(Nc2ncc(-n3cnc(C)n3)c(Nc3ccccc3P(C)(C)=O)n2)c(OC)cc1N1CCC(N2CCN(C(=O)OC(C)(C)C)CC2)CC1. The van der Waals surface area contributed by atoms with Gasteiger partial charge in [0.1, 0.15) is 36.3 Å². The number of hydrogen-bond donors (Lipinski definition) is 2. The molecule has 15 heteroatoms. The highest BCUT2D eigenvalue weighted by Crippen LogP contribution is 2.40. The molecule has 2 fully saturated rings. The van der Waals surface area contributed by atoms with E-state index in [4.69, 9.17) is 14.5 Å². The first-order chi connectivity index (χ1) is 25.2. The van der Waals surface area contributed by atoms with Crippen molar-refractivity contribution in [1.29, 1.82) is 0 Å². The maximum Gasteiger partial charge on any atom is 0.410 e. The number of piperidine rings is 1. The molecule has 0 spiro atoms. The molecule has 4 aromatic rings. The number of methoxy groups -OCH3 is 1. The molecule has 2 saturated heterocycles. The Labute approximate surface area is 312 Å². The van der Waals surface area contributed by atoms with Gasteiger partial charge in [0.2, 0.25) is 5.95 Å². The second-order valence-electron chi connectivity index (χ2n) is 15.0. The third kappa shape index (κ3) is 9.10. The second kappa shape index (κ2) is 15.7. The normalized spacial score (nSPS) is 16.1. The van der Waals surface area contributed by atoms with E-state index in [1.54, 1.807) is 37.6 Å². The lowest BCUT2D eigenvalue weighted by molar-refractivity contribution is 0.00901. The van der Waals surface area contributed by atoms with Crippen LogP contribution < -0.4 is 25.6 Å². The number of hydrogen-bond acceptors (Lipinski definition) is 12. The number of aromatic nitrogens is 5. The van der Waals surface area contributed by atoms with Crippen LogP contribution in [0.15, 0.2) is 48.9 Å². The van der Waals surface area contributed by atoms with Crippen molar-refractivity contribution < 1.29 is 18.8 Å². The van der Waals surface area contributed by atoms with E-state index in [2.05, 4.69) is 54.6 Å². The van der Waals surface area contributed by atoms with Gasteiger partial charge in [-0.3, -0.25) is 4.90 Å². The molecule has 0 bridgehead atoms. The van der Waals surface area contributed by atoms with Gasteiger partial charge in [-0.2, -0.15) is 10.1 Å². The summed E-state index contributed by atoms with van der Waals surface area (Å²) in [5, 5.41) is 12.0. The van der Waals surface area contributed by atoms with E-state index in [0.717, 1.165) is 56.4 Å². The minimum absolute atomic E-state index is 0.222. The molecule has 284 valence electrons. The molecule has 4 heterocycles. The van der Waals surface area contributed by atoms with Gasteiger partial charge in [0.05, 0.1) is 24.7 Å². The molecule has 14 nitrogen and oxygen atoms in total. The Kier molecular flexibility index (Phi) is 11.3. The van der Waals surface area contributed by atoms with Crippen molar-refractivity contribution >= 4 is 47.4 Å². The molecule has 53 heavy (non-hydrogen) atoms. The average molecular weight is 745 g/mol. The van der Waals surface area contributed by atoms with Crippen LogP contribution in [-0.4, -0.2) is 112 Å². The lowest BCUT2D eigenvalue weighted by Crippen LogP contribution is -2.55. The van der Waals surface area contributed by atoms with Crippen LogP contribution in [0.1, 0.15) is 51.9 Å². The van der Waals surface area contributed by atoms with E-state index in [9.17, 15) is 9.36 Å². The summed E-state index contributed by atoms with van der Waals surface area (Å²) in [6, 6.07) is 12.3. The average Bonchev–Trinajstić information content (AvgIpc) is 3.56. The van der Waals surface area contributed by atoms with E-state index < -0.39 is 12.7 Å². The first-order valence-corrected chi connectivity index (χ1v) is 20.9. The third-order valence-corrected chi connectivity index (χ3v) is 11.2. The fraction of sp³-hybridized carbons (Fsp3) is 0.500. The monoisotopic (exact) mass is 744 g/mol. The lowest BCUT2D eigenvalue weighted by Gasteiger charge is -2.43. The maximum absolute atomic E-state index is 13.2. The van der Waals surface area contributed by atoms with Gasteiger partial charge in [0, 0.05) is 62.4 Å². The molecule has 2 aromatic heterocycles. The quantitative estimate of drug-likeness (QED) is 0.179. The Morgan fingerprint density at radius 1 is 0.962 bits per heavy atom. The molecule has 6 rings (SSSR count). The summed E-state index contributed by atoms with van der Waals surface area (Å²) < 4.78 is 26.3. The summed E-state index contributed by atoms with van der Waals surface area (Å²) in [6.07, 6.45) is 6.02. The first-order valence-electron chi connectivity index (χ1n) is 18.3. The molecule has 2 aliphatic rings. The number of benzene rings is 2. The minimum atomic E-state index is -2.60. The molecule has 0 radical (unpaired) electrons. The van der Waals surface area contributed by atoms with Crippen LogP contribution in [0.2, 0.25) is 0 Å². The number of rotatable bonds is 10. The number of amides is 1. The van der Waals surface area contributed by atoms with E-state index in [1.807, 2.05) is 56.9 Å². The van der Waals surface area contributed by atoms with Crippen LogP contribution in [-0.2, 0) is 15.7 Å². The number of carbonyl (C=O) groups excluding carboxylic acids is 1. The first kappa shape index (κ1) is 38.1. The summed E-state index contributed by atoms with van der Waals surface area (Å²) in [6.45, 7) is 18.2. The van der Waals surface area contributed by atoms with Crippen molar-refractivity contribution in [1.82, 2.24) is 34.5 Å². The molecule has 2 aromatic carbocycles. The van der Waals surface area contributed by atoms with Crippen molar-refractivity contribution in [3.8, 4) is 11.4 Å². The zero-order chi connectivity index (χ0) is 37.9. The lowest BCUT2D eigenvalue weighted by atomic mass is 9.99.